The normalized spacial score (nSPS) is 13.2. The zero-order valence-corrected chi connectivity index (χ0v) is 16.1. The number of nitrogens with zero attached hydrogens (tertiary/aromatic N) is 1. The van der Waals surface area contributed by atoms with E-state index in [0.717, 1.165) is 28.5 Å². The Morgan fingerprint density at radius 2 is 1.92 bits per heavy atom. The summed E-state index contributed by atoms with van der Waals surface area (Å²) in [5.74, 6) is 1.42. The van der Waals surface area contributed by atoms with Crippen LogP contribution < -0.4 is 15.4 Å². The van der Waals surface area contributed by atoms with E-state index in [1.54, 1.807) is 20.9 Å². The van der Waals surface area contributed by atoms with Crippen LogP contribution in [0.3, 0.4) is 0 Å². The lowest BCUT2D eigenvalue weighted by Crippen LogP contribution is -2.52. The predicted octanol–water partition coefficient (Wildman–Crippen LogP) is 1.73. The molecule has 3 N–H and O–H groups in total. The Morgan fingerprint density at radius 3 is 2.52 bits per heavy atom. The van der Waals surface area contributed by atoms with Gasteiger partial charge in [-0.1, -0.05) is 18.2 Å². The van der Waals surface area contributed by atoms with Gasteiger partial charge in [0.25, 0.3) is 0 Å². The highest BCUT2D eigenvalue weighted by atomic mass is 32.2. The summed E-state index contributed by atoms with van der Waals surface area (Å²) < 4.78 is 31.2. The highest BCUT2D eigenvalue weighted by Crippen LogP contribution is 2.24. The van der Waals surface area contributed by atoms with Crippen molar-refractivity contribution in [3.8, 4) is 0 Å². The summed E-state index contributed by atoms with van der Waals surface area (Å²) >= 11 is 0. The van der Waals surface area contributed by atoms with Crippen LogP contribution in [0.2, 0.25) is 0 Å². The van der Waals surface area contributed by atoms with E-state index in [-0.39, 0.29) is 0 Å². The van der Waals surface area contributed by atoms with E-state index in [4.69, 9.17) is 4.42 Å². The van der Waals surface area contributed by atoms with Crippen LogP contribution in [0.4, 0.5) is 0 Å². The maximum Gasteiger partial charge on any atom is 0.209 e. The van der Waals surface area contributed by atoms with Gasteiger partial charge in [0.05, 0.1) is 12.8 Å². The van der Waals surface area contributed by atoms with Crippen LogP contribution in [0.1, 0.15) is 25.2 Å². The van der Waals surface area contributed by atoms with Gasteiger partial charge in [0.1, 0.15) is 11.3 Å². The number of sulfonamides is 1. The largest absolute Gasteiger partial charge is 0.459 e. The minimum atomic E-state index is -3.28. The summed E-state index contributed by atoms with van der Waals surface area (Å²) in [6.07, 6.45) is 1.15. The first-order valence-electron chi connectivity index (χ1n) is 8.02. The minimum Gasteiger partial charge on any atom is -0.459 e. The van der Waals surface area contributed by atoms with E-state index in [9.17, 15) is 8.42 Å². The molecule has 0 fully saturated rings. The van der Waals surface area contributed by atoms with E-state index in [0.29, 0.717) is 19.0 Å². The number of aliphatic imine (C=N–C) groups is 1. The summed E-state index contributed by atoms with van der Waals surface area (Å²) in [5.41, 5.74) is 1.32. The first-order chi connectivity index (χ1) is 11.6. The second-order valence-corrected chi connectivity index (χ2v) is 8.43. The highest BCUT2D eigenvalue weighted by molar-refractivity contribution is 7.88. The van der Waals surface area contributed by atoms with E-state index in [1.807, 2.05) is 31.2 Å². The second kappa shape index (κ2) is 7.45. The van der Waals surface area contributed by atoms with Crippen LogP contribution in [0.25, 0.3) is 11.0 Å². The van der Waals surface area contributed by atoms with Crippen molar-refractivity contribution >= 4 is 27.0 Å². The number of nitrogens with one attached hydrogen (secondary N) is 3. The van der Waals surface area contributed by atoms with Crippen LogP contribution in [-0.4, -0.2) is 39.8 Å². The van der Waals surface area contributed by atoms with Crippen LogP contribution in [0.5, 0.6) is 0 Å². The number of guanidine groups is 1. The van der Waals surface area contributed by atoms with Crippen molar-refractivity contribution in [2.45, 2.75) is 32.9 Å². The van der Waals surface area contributed by atoms with E-state index in [1.165, 1.54) is 0 Å². The Hall–Kier alpha value is -2.06. The van der Waals surface area contributed by atoms with Crippen LogP contribution in [0.15, 0.2) is 33.7 Å². The van der Waals surface area contributed by atoms with Crippen molar-refractivity contribution in [3.05, 3.63) is 35.6 Å². The maximum atomic E-state index is 11.4. The van der Waals surface area contributed by atoms with Crippen molar-refractivity contribution in [2.24, 2.45) is 4.99 Å². The van der Waals surface area contributed by atoms with Gasteiger partial charge in [0, 0.05) is 30.1 Å². The maximum absolute atomic E-state index is 11.4. The lowest BCUT2D eigenvalue weighted by atomic mass is 10.1. The number of aryl methyl sites for hydroxylation is 1. The second-order valence-electron chi connectivity index (χ2n) is 6.68. The van der Waals surface area contributed by atoms with Crippen molar-refractivity contribution in [1.29, 1.82) is 0 Å². The SMILES string of the molecule is CN=C(NCc1oc2ccccc2c1C)NCC(C)(C)NS(C)(=O)=O. The van der Waals surface area contributed by atoms with Gasteiger partial charge in [-0.3, -0.25) is 4.99 Å². The zero-order chi connectivity index (χ0) is 18.7. The van der Waals surface area contributed by atoms with Gasteiger partial charge < -0.3 is 15.1 Å². The Balaban J connectivity index is 1.97. The van der Waals surface area contributed by atoms with Gasteiger partial charge >= 0.3 is 0 Å². The molecule has 8 heteroatoms. The van der Waals surface area contributed by atoms with Crippen LogP contribution in [-0.2, 0) is 16.6 Å². The molecule has 0 aliphatic carbocycles. The molecule has 0 saturated heterocycles. The fraction of sp³-hybridized carbons (Fsp3) is 0.471. The molecule has 0 amide bonds. The molecule has 0 aliphatic heterocycles. The smallest absolute Gasteiger partial charge is 0.209 e. The van der Waals surface area contributed by atoms with Gasteiger partial charge in [-0.25, -0.2) is 13.1 Å². The molecule has 0 radical (unpaired) electrons. The summed E-state index contributed by atoms with van der Waals surface area (Å²) in [4.78, 5) is 4.16. The van der Waals surface area contributed by atoms with Crippen molar-refractivity contribution in [3.63, 3.8) is 0 Å². The van der Waals surface area contributed by atoms with Crippen molar-refractivity contribution in [1.82, 2.24) is 15.4 Å². The third-order valence-electron chi connectivity index (χ3n) is 3.74. The Kier molecular flexibility index (Phi) is 5.74. The summed E-state index contributed by atoms with van der Waals surface area (Å²) in [7, 11) is -1.61. The number of benzene rings is 1. The van der Waals surface area contributed by atoms with Gasteiger partial charge in [0.2, 0.25) is 10.0 Å². The zero-order valence-electron chi connectivity index (χ0n) is 15.3. The molecule has 0 spiro atoms. The molecule has 0 aliphatic rings. The molecule has 138 valence electrons. The fourth-order valence-corrected chi connectivity index (χ4v) is 3.70. The minimum absolute atomic E-state index is 0.388. The average Bonchev–Trinajstić information content (AvgIpc) is 2.82. The molecule has 0 unspecified atom stereocenters. The number of para-hydroxylation sites is 1. The van der Waals surface area contributed by atoms with Gasteiger partial charge in [-0.15, -0.1) is 0 Å². The molecule has 25 heavy (non-hydrogen) atoms. The van der Waals surface area contributed by atoms with Crippen LogP contribution in [0, 0.1) is 6.92 Å². The lowest BCUT2D eigenvalue weighted by Gasteiger charge is -2.26. The molecule has 2 rings (SSSR count). The lowest BCUT2D eigenvalue weighted by molar-refractivity contribution is 0.445. The Morgan fingerprint density at radius 1 is 1.24 bits per heavy atom. The number of hydrogen-bond donors (Lipinski definition) is 3. The third kappa shape index (κ3) is 5.47. The summed E-state index contributed by atoms with van der Waals surface area (Å²) in [5, 5.41) is 7.41. The molecule has 1 aromatic heterocycles. The summed E-state index contributed by atoms with van der Waals surface area (Å²) in [6.45, 7) is 6.51. The predicted molar refractivity (Wildman–Crippen MR) is 101 cm³/mol. The van der Waals surface area contributed by atoms with Gasteiger partial charge in [-0.2, -0.15) is 0 Å². The molecule has 0 atom stereocenters. The van der Waals surface area contributed by atoms with E-state index >= 15 is 0 Å². The molecular weight excluding hydrogens is 340 g/mol. The Labute approximate surface area is 148 Å². The standard InChI is InChI=1S/C17H26N4O3S/c1-12-13-8-6-7-9-14(13)24-15(12)10-19-16(18-4)20-11-17(2,3)21-25(5,22)23/h6-9,21H,10-11H2,1-5H3,(H2,18,19,20). The van der Waals surface area contributed by atoms with Crippen molar-refractivity contribution < 1.29 is 12.8 Å². The third-order valence-corrected chi connectivity index (χ3v) is 4.67. The van der Waals surface area contributed by atoms with E-state index in [2.05, 4.69) is 20.3 Å². The van der Waals surface area contributed by atoms with E-state index < -0.39 is 15.6 Å². The van der Waals surface area contributed by atoms with Crippen LogP contribution >= 0.6 is 0 Å². The number of rotatable bonds is 6. The molecular formula is C17H26N4O3S. The number of furan rings is 1. The monoisotopic (exact) mass is 366 g/mol. The topological polar surface area (TPSA) is 95.7 Å². The fourth-order valence-electron chi connectivity index (χ4n) is 2.62. The summed E-state index contributed by atoms with van der Waals surface area (Å²) in [6, 6.07) is 7.90. The Bertz CT molecular complexity index is 869. The van der Waals surface area contributed by atoms with Crippen molar-refractivity contribution in [2.75, 3.05) is 19.8 Å². The molecule has 2 aromatic rings. The average molecular weight is 366 g/mol. The molecule has 0 bridgehead atoms. The first-order valence-corrected chi connectivity index (χ1v) is 9.91. The molecule has 1 heterocycles. The highest BCUT2D eigenvalue weighted by Gasteiger charge is 2.22. The number of fused-ring (bicyclic) bond motifs is 1. The first kappa shape index (κ1) is 19.3. The van der Waals surface area contributed by atoms with Gasteiger partial charge in [0.15, 0.2) is 5.96 Å². The van der Waals surface area contributed by atoms with Gasteiger partial charge in [-0.05, 0) is 26.8 Å². The quantitative estimate of drug-likeness (QED) is 0.535. The molecule has 7 nitrogen and oxygen atoms in total. The molecule has 1 aromatic carbocycles. The molecule has 0 saturated carbocycles. The number of hydrogen-bond acceptors (Lipinski definition) is 4.